The first kappa shape index (κ1) is 15.5. The molecule has 0 saturated carbocycles. The van der Waals surface area contributed by atoms with E-state index < -0.39 is 0 Å². The van der Waals surface area contributed by atoms with E-state index in [1.54, 1.807) is 0 Å². The summed E-state index contributed by atoms with van der Waals surface area (Å²) in [6.07, 6.45) is 1.88. The van der Waals surface area contributed by atoms with E-state index in [1.807, 2.05) is 0 Å². The van der Waals surface area contributed by atoms with Crippen molar-refractivity contribution >= 4 is 5.97 Å². The molecule has 0 aromatic rings. The van der Waals surface area contributed by atoms with Crippen LogP contribution in [-0.2, 0) is 9.53 Å². The maximum Gasteiger partial charge on any atom is 0.308 e. The lowest BCUT2D eigenvalue weighted by Crippen LogP contribution is -2.23. The molecule has 0 aromatic heterocycles. The van der Waals surface area contributed by atoms with Crippen molar-refractivity contribution in [3.05, 3.63) is 0 Å². The summed E-state index contributed by atoms with van der Waals surface area (Å²) in [5.41, 5.74) is 0. The molecule has 0 N–H and O–H groups in total. The number of ether oxygens (including phenoxy) is 1. The molecule has 0 aliphatic heterocycles. The molecule has 0 heterocycles. The van der Waals surface area contributed by atoms with Crippen molar-refractivity contribution in [2.45, 2.75) is 54.4 Å². The zero-order chi connectivity index (χ0) is 12.7. The van der Waals surface area contributed by atoms with E-state index in [4.69, 9.17) is 4.74 Å². The number of rotatable bonds is 7. The van der Waals surface area contributed by atoms with Crippen molar-refractivity contribution in [3.63, 3.8) is 0 Å². The standard InChI is InChI=1S/C14H28O2/c1-10(2)7-13(8-11(3)4)14(15)16-9-12(5)6/h10-13H,7-9H2,1-6H3. The van der Waals surface area contributed by atoms with Crippen LogP contribution in [0.5, 0.6) is 0 Å². The Labute approximate surface area is 101 Å². The average Bonchev–Trinajstić information content (AvgIpc) is 2.11. The quantitative estimate of drug-likeness (QED) is 0.618. The van der Waals surface area contributed by atoms with Gasteiger partial charge in [0.15, 0.2) is 0 Å². The minimum absolute atomic E-state index is 0.00361. The van der Waals surface area contributed by atoms with Gasteiger partial charge >= 0.3 is 5.97 Å². The van der Waals surface area contributed by atoms with Gasteiger partial charge in [0.25, 0.3) is 0 Å². The van der Waals surface area contributed by atoms with Crippen molar-refractivity contribution in [2.24, 2.45) is 23.7 Å². The fourth-order valence-corrected chi connectivity index (χ4v) is 1.79. The fourth-order valence-electron chi connectivity index (χ4n) is 1.79. The minimum atomic E-state index is -0.00361. The molecule has 0 aromatic carbocycles. The molecule has 0 rings (SSSR count). The lowest BCUT2D eigenvalue weighted by molar-refractivity contribution is -0.150. The van der Waals surface area contributed by atoms with Crippen molar-refractivity contribution in [2.75, 3.05) is 6.61 Å². The van der Waals surface area contributed by atoms with Crippen LogP contribution in [0.4, 0.5) is 0 Å². The Morgan fingerprint density at radius 2 is 1.31 bits per heavy atom. The van der Waals surface area contributed by atoms with E-state index >= 15 is 0 Å². The van der Waals surface area contributed by atoms with Crippen LogP contribution >= 0.6 is 0 Å². The van der Waals surface area contributed by atoms with E-state index in [-0.39, 0.29) is 11.9 Å². The Morgan fingerprint density at radius 3 is 1.62 bits per heavy atom. The van der Waals surface area contributed by atoms with Crippen molar-refractivity contribution in [3.8, 4) is 0 Å². The van der Waals surface area contributed by atoms with Crippen LogP contribution in [-0.4, -0.2) is 12.6 Å². The molecule has 16 heavy (non-hydrogen) atoms. The Bertz CT molecular complexity index is 185. The smallest absolute Gasteiger partial charge is 0.308 e. The SMILES string of the molecule is CC(C)COC(=O)C(CC(C)C)CC(C)C. The van der Waals surface area contributed by atoms with Crippen LogP contribution in [0.1, 0.15) is 54.4 Å². The van der Waals surface area contributed by atoms with E-state index in [9.17, 15) is 4.79 Å². The van der Waals surface area contributed by atoms with Gasteiger partial charge in [-0.2, -0.15) is 0 Å². The van der Waals surface area contributed by atoms with Crippen LogP contribution in [0, 0.1) is 23.7 Å². The highest BCUT2D eigenvalue weighted by atomic mass is 16.5. The lowest BCUT2D eigenvalue weighted by atomic mass is 9.89. The Morgan fingerprint density at radius 1 is 0.875 bits per heavy atom. The normalized spacial score (nSPS) is 11.9. The van der Waals surface area contributed by atoms with E-state index in [0.29, 0.717) is 24.4 Å². The summed E-state index contributed by atoms with van der Waals surface area (Å²) in [5, 5.41) is 0. The molecule has 0 radical (unpaired) electrons. The van der Waals surface area contributed by atoms with E-state index in [1.165, 1.54) is 0 Å². The molecule has 96 valence electrons. The third-order valence-corrected chi connectivity index (χ3v) is 2.40. The van der Waals surface area contributed by atoms with Gasteiger partial charge in [-0.15, -0.1) is 0 Å². The highest BCUT2D eigenvalue weighted by molar-refractivity contribution is 5.72. The molecule has 0 fully saturated rings. The molecule has 0 unspecified atom stereocenters. The van der Waals surface area contributed by atoms with Crippen LogP contribution in [0.25, 0.3) is 0 Å². The number of esters is 1. The summed E-state index contributed by atoms with van der Waals surface area (Å²) >= 11 is 0. The van der Waals surface area contributed by atoms with Gasteiger partial charge in [0, 0.05) is 0 Å². The summed E-state index contributed by atoms with van der Waals surface area (Å²) < 4.78 is 5.33. The third kappa shape index (κ3) is 7.72. The third-order valence-electron chi connectivity index (χ3n) is 2.40. The summed E-state index contributed by atoms with van der Waals surface area (Å²) in [6, 6.07) is 0. The maximum absolute atomic E-state index is 11.9. The van der Waals surface area contributed by atoms with Gasteiger partial charge < -0.3 is 4.74 Å². The molecule has 0 amide bonds. The molecule has 2 heteroatoms. The van der Waals surface area contributed by atoms with Gasteiger partial charge in [-0.05, 0) is 30.6 Å². The summed E-state index contributed by atoms with van der Waals surface area (Å²) in [7, 11) is 0. The predicted octanol–water partition coefficient (Wildman–Crippen LogP) is 3.89. The fraction of sp³-hybridized carbons (Fsp3) is 0.929. The molecular formula is C14H28O2. The first-order chi connectivity index (χ1) is 7.32. The van der Waals surface area contributed by atoms with Gasteiger partial charge in [-0.3, -0.25) is 4.79 Å². The molecule has 2 nitrogen and oxygen atoms in total. The van der Waals surface area contributed by atoms with Crippen molar-refractivity contribution in [1.82, 2.24) is 0 Å². The average molecular weight is 228 g/mol. The van der Waals surface area contributed by atoms with Gasteiger partial charge in [0.2, 0.25) is 0 Å². The molecule has 0 saturated heterocycles. The zero-order valence-electron chi connectivity index (χ0n) is 11.7. The molecule has 0 aliphatic carbocycles. The number of carbonyl (C=O) groups is 1. The van der Waals surface area contributed by atoms with Crippen LogP contribution < -0.4 is 0 Å². The second kappa shape index (κ2) is 7.70. The molecule has 0 aliphatic rings. The Balaban J connectivity index is 4.20. The first-order valence-electron chi connectivity index (χ1n) is 6.49. The first-order valence-corrected chi connectivity index (χ1v) is 6.49. The predicted molar refractivity (Wildman–Crippen MR) is 68.2 cm³/mol. The molecule has 0 bridgehead atoms. The number of hydrogen-bond acceptors (Lipinski definition) is 2. The number of hydrogen-bond donors (Lipinski definition) is 0. The Hall–Kier alpha value is -0.530. The van der Waals surface area contributed by atoms with E-state index in [2.05, 4.69) is 41.5 Å². The summed E-state index contributed by atoms with van der Waals surface area (Å²) in [6.45, 7) is 13.3. The number of carbonyl (C=O) groups excluding carboxylic acids is 1. The van der Waals surface area contributed by atoms with Crippen molar-refractivity contribution < 1.29 is 9.53 Å². The van der Waals surface area contributed by atoms with Crippen LogP contribution in [0.3, 0.4) is 0 Å². The lowest BCUT2D eigenvalue weighted by Gasteiger charge is -2.20. The van der Waals surface area contributed by atoms with Gasteiger partial charge in [-0.25, -0.2) is 0 Å². The minimum Gasteiger partial charge on any atom is -0.465 e. The monoisotopic (exact) mass is 228 g/mol. The van der Waals surface area contributed by atoms with Gasteiger partial charge in [0.05, 0.1) is 12.5 Å². The van der Waals surface area contributed by atoms with Crippen LogP contribution in [0.2, 0.25) is 0 Å². The van der Waals surface area contributed by atoms with Crippen LogP contribution in [0.15, 0.2) is 0 Å². The van der Waals surface area contributed by atoms with Crippen molar-refractivity contribution in [1.29, 1.82) is 0 Å². The maximum atomic E-state index is 11.9. The highest BCUT2D eigenvalue weighted by Gasteiger charge is 2.22. The Kier molecular flexibility index (Phi) is 7.44. The summed E-state index contributed by atoms with van der Waals surface area (Å²) in [4.78, 5) is 11.9. The zero-order valence-corrected chi connectivity index (χ0v) is 11.7. The highest BCUT2D eigenvalue weighted by Crippen LogP contribution is 2.21. The topological polar surface area (TPSA) is 26.3 Å². The molecule has 0 spiro atoms. The summed E-state index contributed by atoms with van der Waals surface area (Å²) in [5.74, 6) is 1.60. The van der Waals surface area contributed by atoms with E-state index in [0.717, 1.165) is 12.8 Å². The van der Waals surface area contributed by atoms with Gasteiger partial charge in [0.1, 0.15) is 0 Å². The second-order valence-corrected chi connectivity index (χ2v) is 5.98. The molecule has 0 atom stereocenters. The largest absolute Gasteiger partial charge is 0.465 e. The second-order valence-electron chi connectivity index (χ2n) is 5.98. The molecular weight excluding hydrogens is 200 g/mol. The van der Waals surface area contributed by atoms with Gasteiger partial charge in [-0.1, -0.05) is 41.5 Å².